The van der Waals surface area contributed by atoms with Crippen LogP contribution in [0.15, 0.2) is 47.3 Å². The van der Waals surface area contributed by atoms with Crippen molar-refractivity contribution >= 4 is 28.1 Å². The van der Waals surface area contributed by atoms with Crippen LogP contribution in [0.2, 0.25) is 0 Å². The van der Waals surface area contributed by atoms with Gasteiger partial charge in [-0.05, 0) is 40.9 Å². The van der Waals surface area contributed by atoms with Crippen molar-refractivity contribution in [3.05, 3.63) is 58.4 Å². The molecule has 3 aromatic rings. The first-order chi connectivity index (χ1) is 10.6. The largest absolute Gasteiger partial charge is 0.387 e. The Hall–Kier alpha value is -2.11. The third-order valence-corrected chi connectivity index (χ3v) is 4.42. The number of fused-ring (bicyclic) bond motifs is 1. The minimum absolute atomic E-state index is 0.102. The number of nitrogens with zero attached hydrogens (tertiary/aromatic N) is 1. The van der Waals surface area contributed by atoms with E-state index >= 15 is 0 Å². The number of nitrogens with one attached hydrogen (secondary N) is 1. The van der Waals surface area contributed by atoms with E-state index in [9.17, 15) is 9.90 Å². The third-order valence-electron chi connectivity index (χ3n) is 3.72. The van der Waals surface area contributed by atoms with Gasteiger partial charge in [-0.15, -0.1) is 0 Å². The van der Waals surface area contributed by atoms with Gasteiger partial charge in [0.1, 0.15) is 6.54 Å². The zero-order valence-corrected chi connectivity index (χ0v) is 13.1. The van der Waals surface area contributed by atoms with Gasteiger partial charge in [0.15, 0.2) is 0 Å². The van der Waals surface area contributed by atoms with Gasteiger partial charge >= 0.3 is 0 Å². The van der Waals surface area contributed by atoms with Crippen molar-refractivity contribution in [1.82, 2.24) is 9.88 Å². The molecule has 0 fully saturated rings. The summed E-state index contributed by atoms with van der Waals surface area (Å²) in [5.41, 5.74) is 3.04. The number of thiophene rings is 1. The molecule has 0 aliphatic carbocycles. The van der Waals surface area contributed by atoms with E-state index in [1.54, 1.807) is 0 Å². The quantitative estimate of drug-likeness (QED) is 0.761. The van der Waals surface area contributed by atoms with Crippen molar-refractivity contribution in [3.63, 3.8) is 0 Å². The fraction of sp³-hybridized carbons (Fsp3) is 0.235. The third kappa shape index (κ3) is 3.05. The molecule has 3 rings (SSSR count). The van der Waals surface area contributed by atoms with E-state index in [0.717, 1.165) is 22.0 Å². The summed E-state index contributed by atoms with van der Waals surface area (Å²) in [6.45, 7) is 2.52. The van der Waals surface area contributed by atoms with E-state index in [1.807, 2.05) is 52.7 Å². The summed E-state index contributed by atoms with van der Waals surface area (Å²) < 4.78 is 1.94. The number of amides is 1. The number of carbonyl (C=O) groups is 1. The van der Waals surface area contributed by atoms with Crippen LogP contribution in [0.1, 0.15) is 17.2 Å². The van der Waals surface area contributed by atoms with Crippen LogP contribution in [-0.4, -0.2) is 22.1 Å². The zero-order chi connectivity index (χ0) is 15.5. The Bertz CT molecular complexity index is 777. The van der Waals surface area contributed by atoms with Crippen molar-refractivity contribution in [2.24, 2.45) is 0 Å². The summed E-state index contributed by atoms with van der Waals surface area (Å²) >= 11 is 1.53. The van der Waals surface area contributed by atoms with Crippen molar-refractivity contribution in [3.8, 4) is 0 Å². The number of benzene rings is 1. The van der Waals surface area contributed by atoms with Gasteiger partial charge in [0.2, 0.25) is 5.91 Å². The first-order valence-corrected chi connectivity index (χ1v) is 8.11. The zero-order valence-electron chi connectivity index (χ0n) is 12.3. The molecule has 0 saturated heterocycles. The average molecular weight is 314 g/mol. The number of carbonyl (C=O) groups excluding carboxylic acids is 1. The number of aliphatic hydroxyl groups excluding tert-OH is 1. The molecule has 2 N–H and O–H groups in total. The molecule has 1 unspecified atom stereocenters. The lowest BCUT2D eigenvalue weighted by atomic mass is 10.2. The molecule has 0 aliphatic heterocycles. The standard InChI is InChI=1S/C17H18N2O2S/c1-12-9-19(15-5-3-2-4-14(12)15)10-17(21)18-8-16(20)13-6-7-22-11-13/h2-7,9,11,16,20H,8,10H2,1H3,(H,18,21). The Labute approximate surface area is 133 Å². The summed E-state index contributed by atoms with van der Waals surface area (Å²) in [5.74, 6) is -0.102. The minimum atomic E-state index is -0.654. The van der Waals surface area contributed by atoms with Crippen molar-refractivity contribution in [2.75, 3.05) is 6.54 Å². The molecule has 2 heterocycles. The number of rotatable bonds is 5. The highest BCUT2D eigenvalue weighted by Gasteiger charge is 2.12. The van der Waals surface area contributed by atoms with Crippen LogP contribution in [-0.2, 0) is 11.3 Å². The monoisotopic (exact) mass is 314 g/mol. The van der Waals surface area contributed by atoms with Crippen LogP contribution in [0.4, 0.5) is 0 Å². The lowest BCUT2D eigenvalue weighted by Crippen LogP contribution is -2.31. The SMILES string of the molecule is Cc1cn(CC(=O)NCC(O)c2ccsc2)c2ccccc12. The van der Waals surface area contributed by atoms with Crippen LogP contribution in [0.5, 0.6) is 0 Å². The van der Waals surface area contributed by atoms with Gasteiger partial charge in [0.25, 0.3) is 0 Å². The predicted octanol–water partition coefficient (Wildman–Crippen LogP) is 2.86. The van der Waals surface area contributed by atoms with Crippen LogP contribution in [0, 0.1) is 6.92 Å². The molecule has 1 atom stereocenters. The number of hydrogen-bond acceptors (Lipinski definition) is 3. The molecule has 0 aliphatic rings. The van der Waals surface area contributed by atoms with E-state index in [2.05, 4.69) is 11.4 Å². The Kier molecular flexibility index (Phi) is 4.27. The Morgan fingerprint density at radius 2 is 2.18 bits per heavy atom. The molecular formula is C17H18N2O2S. The molecule has 22 heavy (non-hydrogen) atoms. The Balaban J connectivity index is 1.64. The van der Waals surface area contributed by atoms with E-state index in [-0.39, 0.29) is 19.0 Å². The van der Waals surface area contributed by atoms with Crippen molar-refractivity contribution in [2.45, 2.75) is 19.6 Å². The molecule has 0 bridgehead atoms. The van der Waals surface area contributed by atoms with Gasteiger partial charge in [-0.25, -0.2) is 0 Å². The van der Waals surface area contributed by atoms with Gasteiger partial charge < -0.3 is 15.0 Å². The van der Waals surface area contributed by atoms with Crippen LogP contribution in [0.25, 0.3) is 10.9 Å². The molecule has 1 aromatic carbocycles. The van der Waals surface area contributed by atoms with Crippen LogP contribution >= 0.6 is 11.3 Å². The molecule has 2 aromatic heterocycles. The topological polar surface area (TPSA) is 54.3 Å². The fourth-order valence-electron chi connectivity index (χ4n) is 2.56. The molecule has 114 valence electrons. The Morgan fingerprint density at radius 1 is 1.36 bits per heavy atom. The normalized spacial score (nSPS) is 12.5. The number of hydrogen-bond donors (Lipinski definition) is 2. The number of aliphatic hydroxyl groups is 1. The maximum Gasteiger partial charge on any atom is 0.240 e. The van der Waals surface area contributed by atoms with Crippen LogP contribution in [0.3, 0.4) is 0 Å². The van der Waals surface area contributed by atoms with Gasteiger partial charge in [-0.1, -0.05) is 18.2 Å². The summed E-state index contributed by atoms with van der Waals surface area (Å²) in [6.07, 6.45) is 1.33. The highest BCUT2D eigenvalue weighted by molar-refractivity contribution is 7.07. The minimum Gasteiger partial charge on any atom is -0.387 e. The maximum absolute atomic E-state index is 12.1. The highest BCUT2D eigenvalue weighted by Crippen LogP contribution is 2.20. The fourth-order valence-corrected chi connectivity index (χ4v) is 3.27. The Morgan fingerprint density at radius 3 is 2.95 bits per heavy atom. The van der Waals surface area contributed by atoms with Crippen LogP contribution < -0.4 is 5.32 Å². The first kappa shape index (κ1) is 14.8. The van der Waals surface area contributed by atoms with E-state index in [4.69, 9.17) is 0 Å². The smallest absolute Gasteiger partial charge is 0.240 e. The highest BCUT2D eigenvalue weighted by atomic mass is 32.1. The maximum atomic E-state index is 12.1. The molecule has 0 saturated carbocycles. The summed E-state index contributed by atoms with van der Waals surface area (Å²) in [7, 11) is 0. The second-order valence-corrected chi connectivity index (χ2v) is 6.11. The molecule has 1 amide bonds. The van der Waals surface area contributed by atoms with Gasteiger partial charge in [0.05, 0.1) is 6.10 Å². The second-order valence-electron chi connectivity index (χ2n) is 5.33. The van der Waals surface area contributed by atoms with Crippen molar-refractivity contribution < 1.29 is 9.90 Å². The lowest BCUT2D eigenvalue weighted by molar-refractivity contribution is -0.122. The first-order valence-electron chi connectivity index (χ1n) is 7.16. The van der Waals surface area contributed by atoms with E-state index in [1.165, 1.54) is 11.3 Å². The van der Waals surface area contributed by atoms with Crippen molar-refractivity contribution in [1.29, 1.82) is 0 Å². The van der Waals surface area contributed by atoms with E-state index < -0.39 is 6.10 Å². The summed E-state index contributed by atoms with van der Waals surface area (Å²) in [6, 6.07) is 9.90. The molecule has 0 radical (unpaired) electrons. The number of aryl methyl sites for hydroxylation is 1. The van der Waals surface area contributed by atoms with Gasteiger partial charge in [0, 0.05) is 23.6 Å². The number of aromatic nitrogens is 1. The second kappa shape index (κ2) is 6.34. The predicted molar refractivity (Wildman–Crippen MR) is 89.0 cm³/mol. The van der Waals surface area contributed by atoms with Gasteiger partial charge in [-0.2, -0.15) is 11.3 Å². The average Bonchev–Trinajstić information content (AvgIpc) is 3.15. The summed E-state index contributed by atoms with van der Waals surface area (Å²) in [4.78, 5) is 12.1. The molecule has 5 heteroatoms. The molecular weight excluding hydrogens is 296 g/mol. The molecule has 0 spiro atoms. The molecule has 4 nitrogen and oxygen atoms in total. The number of para-hydroxylation sites is 1. The van der Waals surface area contributed by atoms with E-state index in [0.29, 0.717) is 0 Å². The summed E-state index contributed by atoms with van der Waals surface area (Å²) in [5, 5.41) is 17.7. The lowest BCUT2D eigenvalue weighted by Gasteiger charge is -2.11. The van der Waals surface area contributed by atoms with Gasteiger partial charge in [-0.3, -0.25) is 4.79 Å².